The third kappa shape index (κ3) is 2.65. The monoisotopic (exact) mass is 195 g/mol. The van der Waals surface area contributed by atoms with Crippen LogP contribution in [0.1, 0.15) is 5.76 Å². The van der Waals surface area contributed by atoms with Crippen LogP contribution < -0.4 is 5.32 Å². The average molecular weight is 195 g/mol. The van der Waals surface area contributed by atoms with Gasteiger partial charge in [-0.3, -0.25) is 0 Å². The molecular formula is C10H13NO3. The number of furan rings is 1. The number of anilines is 1. The normalized spacial score (nSPS) is 9.50. The number of ether oxygens (including phenoxy) is 1. The van der Waals surface area contributed by atoms with Gasteiger partial charge >= 0.3 is 5.97 Å². The van der Waals surface area contributed by atoms with Crippen molar-refractivity contribution in [1.29, 1.82) is 0 Å². The van der Waals surface area contributed by atoms with E-state index in [0.717, 1.165) is 17.5 Å². The third-order valence-corrected chi connectivity index (χ3v) is 1.75. The number of hydrogen-bond donors (Lipinski definition) is 1. The minimum absolute atomic E-state index is 0.299. The maximum atomic E-state index is 10.7. The van der Waals surface area contributed by atoms with Crippen LogP contribution in [0.15, 0.2) is 29.4 Å². The number of carbonyl (C=O) groups excluding carboxylic acids is 1. The molecule has 0 amide bonds. The van der Waals surface area contributed by atoms with Crippen molar-refractivity contribution in [3.8, 4) is 0 Å². The molecule has 0 aliphatic rings. The summed E-state index contributed by atoms with van der Waals surface area (Å²) >= 11 is 0. The minimum Gasteiger partial charge on any atom is -0.467 e. The summed E-state index contributed by atoms with van der Waals surface area (Å²) in [7, 11) is 1.81. The first-order valence-corrected chi connectivity index (χ1v) is 4.31. The van der Waals surface area contributed by atoms with Crippen molar-refractivity contribution in [3.63, 3.8) is 0 Å². The quantitative estimate of drug-likeness (QED) is 0.572. The van der Waals surface area contributed by atoms with Crippen LogP contribution in [0.4, 0.5) is 5.69 Å². The summed E-state index contributed by atoms with van der Waals surface area (Å²) in [5, 5.41) is 2.97. The van der Waals surface area contributed by atoms with Gasteiger partial charge in [0.25, 0.3) is 0 Å². The van der Waals surface area contributed by atoms with E-state index in [-0.39, 0.29) is 0 Å². The van der Waals surface area contributed by atoms with E-state index in [2.05, 4.69) is 11.9 Å². The molecule has 4 heteroatoms. The van der Waals surface area contributed by atoms with Gasteiger partial charge in [0.2, 0.25) is 0 Å². The van der Waals surface area contributed by atoms with E-state index >= 15 is 0 Å². The largest absolute Gasteiger partial charge is 0.467 e. The van der Waals surface area contributed by atoms with Crippen LogP contribution in [0.5, 0.6) is 0 Å². The molecule has 0 saturated heterocycles. The first-order chi connectivity index (χ1) is 6.77. The van der Waals surface area contributed by atoms with Crippen molar-refractivity contribution in [2.75, 3.05) is 19.0 Å². The lowest BCUT2D eigenvalue weighted by Gasteiger charge is -2.02. The Morgan fingerprint density at radius 3 is 3.21 bits per heavy atom. The van der Waals surface area contributed by atoms with Crippen LogP contribution in [0.25, 0.3) is 0 Å². The molecule has 0 bridgehead atoms. The van der Waals surface area contributed by atoms with Gasteiger partial charge in [0.1, 0.15) is 5.76 Å². The van der Waals surface area contributed by atoms with Crippen LogP contribution in [0.2, 0.25) is 0 Å². The molecule has 0 atom stereocenters. The summed E-state index contributed by atoms with van der Waals surface area (Å²) in [5.41, 5.74) is 0.916. The van der Waals surface area contributed by atoms with Gasteiger partial charge < -0.3 is 14.5 Å². The summed E-state index contributed by atoms with van der Waals surface area (Å²) in [6.07, 6.45) is 3.29. The highest BCUT2D eigenvalue weighted by Gasteiger charge is 2.05. The average Bonchev–Trinajstić information content (AvgIpc) is 2.65. The Morgan fingerprint density at radius 2 is 2.57 bits per heavy atom. The molecule has 14 heavy (non-hydrogen) atoms. The molecule has 1 aromatic rings. The minimum atomic E-state index is -0.414. The molecule has 0 unspecified atom stereocenters. The maximum Gasteiger partial charge on any atom is 0.330 e. The summed E-state index contributed by atoms with van der Waals surface area (Å²) in [5.74, 6) is 0.368. The molecule has 76 valence electrons. The Balaban J connectivity index is 2.38. The number of rotatable bonds is 5. The van der Waals surface area contributed by atoms with Gasteiger partial charge in [-0.15, -0.1) is 0 Å². The number of carbonyl (C=O) groups is 1. The molecule has 0 radical (unpaired) electrons. The lowest BCUT2D eigenvalue weighted by molar-refractivity contribution is -0.137. The van der Waals surface area contributed by atoms with Gasteiger partial charge in [-0.2, -0.15) is 0 Å². The molecule has 0 spiro atoms. The fraction of sp³-hybridized carbons (Fsp3) is 0.300. The molecular weight excluding hydrogens is 182 g/mol. The Bertz CT molecular complexity index is 317. The standard InChI is InChI=1S/C10H13NO3/c1-3-10(12)14-7-5-9-8(11-2)4-6-13-9/h3-4,6,11H,1,5,7H2,2H3. The highest BCUT2D eigenvalue weighted by atomic mass is 16.5. The van der Waals surface area contributed by atoms with Gasteiger partial charge in [0.05, 0.1) is 18.6 Å². The molecule has 0 aliphatic heterocycles. The number of hydrogen-bond acceptors (Lipinski definition) is 4. The second-order valence-electron chi connectivity index (χ2n) is 2.63. The van der Waals surface area contributed by atoms with E-state index in [1.165, 1.54) is 0 Å². The molecule has 1 aromatic heterocycles. The van der Waals surface area contributed by atoms with Crippen LogP contribution in [-0.4, -0.2) is 19.6 Å². The zero-order chi connectivity index (χ0) is 10.4. The predicted octanol–water partition coefficient (Wildman–Crippen LogP) is 1.59. The zero-order valence-corrected chi connectivity index (χ0v) is 8.08. The van der Waals surface area contributed by atoms with E-state index in [1.807, 2.05) is 13.1 Å². The Kier molecular flexibility index (Phi) is 3.79. The van der Waals surface area contributed by atoms with E-state index in [9.17, 15) is 4.79 Å². The first kappa shape index (κ1) is 10.4. The molecule has 1 rings (SSSR count). The van der Waals surface area contributed by atoms with Crippen molar-refractivity contribution in [2.45, 2.75) is 6.42 Å². The molecule has 0 saturated carbocycles. The van der Waals surface area contributed by atoms with Crippen LogP contribution in [0, 0.1) is 0 Å². The molecule has 4 nitrogen and oxygen atoms in total. The molecule has 1 N–H and O–H groups in total. The van der Waals surface area contributed by atoms with Crippen molar-refractivity contribution in [2.24, 2.45) is 0 Å². The topological polar surface area (TPSA) is 51.5 Å². The fourth-order valence-corrected chi connectivity index (χ4v) is 1.06. The predicted molar refractivity (Wildman–Crippen MR) is 53.1 cm³/mol. The van der Waals surface area contributed by atoms with Crippen molar-refractivity contribution in [3.05, 3.63) is 30.7 Å². The van der Waals surface area contributed by atoms with Crippen molar-refractivity contribution < 1.29 is 13.9 Å². The second kappa shape index (κ2) is 5.11. The fourth-order valence-electron chi connectivity index (χ4n) is 1.06. The number of nitrogens with one attached hydrogen (secondary N) is 1. The summed E-state index contributed by atoms with van der Waals surface area (Å²) in [6.45, 7) is 3.60. The van der Waals surface area contributed by atoms with E-state index < -0.39 is 5.97 Å². The second-order valence-corrected chi connectivity index (χ2v) is 2.63. The Morgan fingerprint density at radius 1 is 1.79 bits per heavy atom. The van der Waals surface area contributed by atoms with E-state index in [1.54, 1.807) is 6.26 Å². The first-order valence-electron chi connectivity index (χ1n) is 4.31. The SMILES string of the molecule is C=CC(=O)OCCc1occc1NC. The molecule has 0 aliphatic carbocycles. The molecule has 0 fully saturated rings. The lowest BCUT2D eigenvalue weighted by atomic mass is 10.3. The highest BCUT2D eigenvalue weighted by molar-refractivity contribution is 5.81. The maximum absolute atomic E-state index is 10.7. The Hall–Kier alpha value is -1.71. The van der Waals surface area contributed by atoms with Crippen molar-refractivity contribution >= 4 is 11.7 Å². The summed E-state index contributed by atoms with van der Waals surface area (Å²) in [4.78, 5) is 10.7. The highest BCUT2D eigenvalue weighted by Crippen LogP contribution is 2.16. The van der Waals surface area contributed by atoms with Crippen LogP contribution >= 0.6 is 0 Å². The molecule has 0 aromatic carbocycles. The van der Waals surface area contributed by atoms with Gasteiger partial charge in [0.15, 0.2) is 0 Å². The molecule has 1 heterocycles. The Labute approximate surface area is 82.6 Å². The van der Waals surface area contributed by atoms with Crippen LogP contribution in [-0.2, 0) is 16.0 Å². The van der Waals surface area contributed by atoms with Crippen molar-refractivity contribution in [1.82, 2.24) is 0 Å². The van der Waals surface area contributed by atoms with Gasteiger partial charge in [0, 0.05) is 19.5 Å². The smallest absolute Gasteiger partial charge is 0.330 e. The van der Waals surface area contributed by atoms with Gasteiger partial charge in [-0.05, 0) is 6.07 Å². The van der Waals surface area contributed by atoms with Crippen LogP contribution in [0.3, 0.4) is 0 Å². The zero-order valence-electron chi connectivity index (χ0n) is 8.08. The third-order valence-electron chi connectivity index (χ3n) is 1.75. The van der Waals surface area contributed by atoms with E-state index in [4.69, 9.17) is 9.15 Å². The van der Waals surface area contributed by atoms with Gasteiger partial charge in [-0.1, -0.05) is 6.58 Å². The lowest BCUT2D eigenvalue weighted by Crippen LogP contribution is -2.04. The summed E-state index contributed by atoms with van der Waals surface area (Å²) in [6, 6.07) is 1.82. The number of esters is 1. The van der Waals surface area contributed by atoms with E-state index in [0.29, 0.717) is 13.0 Å². The summed E-state index contributed by atoms with van der Waals surface area (Å²) < 4.78 is 10.0. The van der Waals surface area contributed by atoms with Gasteiger partial charge in [-0.25, -0.2) is 4.79 Å².